The van der Waals surface area contributed by atoms with Crippen molar-refractivity contribution >= 4 is 0 Å². The smallest absolute Gasteiger partial charge is 0.0234 e. The topological polar surface area (TPSA) is 41.3 Å². The number of nitrogens with zero attached hydrogens (tertiary/aromatic N) is 1. The van der Waals surface area contributed by atoms with E-state index in [1.54, 1.807) is 0 Å². The molecule has 1 aromatic rings. The van der Waals surface area contributed by atoms with Crippen LogP contribution in [0.5, 0.6) is 0 Å². The normalized spacial score (nSPS) is 18.3. The second-order valence-electron chi connectivity index (χ2n) is 4.40. The molecular weight excluding hydrogens is 198 g/mol. The van der Waals surface area contributed by atoms with E-state index in [2.05, 4.69) is 34.5 Å². The molecule has 1 fully saturated rings. The van der Waals surface area contributed by atoms with Gasteiger partial charge in [-0.1, -0.05) is 24.3 Å². The van der Waals surface area contributed by atoms with Crippen LogP contribution in [0.3, 0.4) is 0 Å². The lowest BCUT2D eigenvalue weighted by Crippen LogP contribution is -2.27. The zero-order valence-corrected chi connectivity index (χ0v) is 9.78. The highest BCUT2D eigenvalue weighted by Gasteiger charge is 2.08. The maximum absolute atomic E-state index is 5.59. The van der Waals surface area contributed by atoms with Crippen molar-refractivity contribution < 1.29 is 0 Å². The summed E-state index contributed by atoms with van der Waals surface area (Å²) < 4.78 is 0. The molecule has 0 saturated carbocycles. The molecule has 0 aliphatic carbocycles. The molecule has 0 spiro atoms. The van der Waals surface area contributed by atoms with Crippen molar-refractivity contribution in [1.82, 2.24) is 10.2 Å². The Morgan fingerprint density at radius 3 is 2.56 bits per heavy atom. The second kappa shape index (κ2) is 5.99. The predicted molar refractivity (Wildman–Crippen MR) is 67.1 cm³/mol. The number of nitrogens with one attached hydrogen (secondary N) is 1. The van der Waals surface area contributed by atoms with Gasteiger partial charge in [-0.25, -0.2) is 0 Å². The van der Waals surface area contributed by atoms with Crippen molar-refractivity contribution in [2.45, 2.75) is 19.5 Å². The molecule has 3 nitrogen and oxygen atoms in total. The van der Waals surface area contributed by atoms with Gasteiger partial charge in [0.15, 0.2) is 0 Å². The molecule has 0 unspecified atom stereocenters. The first-order valence-corrected chi connectivity index (χ1v) is 6.09. The molecule has 16 heavy (non-hydrogen) atoms. The monoisotopic (exact) mass is 219 g/mol. The Kier molecular flexibility index (Phi) is 4.34. The minimum atomic E-state index is 0.633. The molecule has 88 valence electrons. The third-order valence-corrected chi connectivity index (χ3v) is 3.10. The standard InChI is InChI=1S/C13H21N3/c14-10-12-2-4-13(5-3-12)11-16-8-1-6-15-7-9-16/h2-5,15H,1,6-11,14H2. The van der Waals surface area contributed by atoms with E-state index in [9.17, 15) is 0 Å². The maximum atomic E-state index is 5.59. The summed E-state index contributed by atoms with van der Waals surface area (Å²) in [5.74, 6) is 0. The number of nitrogens with two attached hydrogens (primary N) is 1. The van der Waals surface area contributed by atoms with E-state index in [4.69, 9.17) is 5.73 Å². The molecule has 1 heterocycles. The van der Waals surface area contributed by atoms with E-state index in [0.717, 1.165) is 26.2 Å². The Hall–Kier alpha value is -0.900. The van der Waals surface area contributed by atoms with Crippen molar-refractivity contribution in [3.05, 3.63) is 35.4 Å². The zero-order valence-electron chi connectivity index (χ0n) is 9.78. The molecule has 0 atom stereocenters. The lowest BCUT2D eigenvalue weighted by atomic mass is 10.1. The van der Waals surface area contributed by atoms with Crippen molar-refractivity contribution in [3.63, 3.8) is 0 Å². The Morgan fingerprint density at radius 1 is 1.06 bits per heavy atom. The van der Waals surface area contributed by atoms with E-state index in [0.29, 0.717) is 6.54 Å². The van der Waals surface area contributed by atoms with Gasteiger partial charge in [0.05, 0.1) is 0 Å². The van der Waals surface area contributed by atoms with Crippen LogP contribution < -0.4 is 11.1 Å². The summed E-state index contributed by atoms with van der Waals surface area (Å²) in [6, 6.07) is 8.65. The van der Waals surface area contributed by atoms with Crippen LogP contribution in [0.4, 0.5) is 0 Å². The van der Waals surface area contributed by atoms with Crippen molar-refractivity contribution in [2.75, 3.05) is 26.2 Å². The Bertz CT molecular complexity index is 299. The Balaban J connectivity index is 1.91. The Morgan fingerprint density at radius 2 is 1.81 bits per heavy atom. The first-order chi connectivity index (χ1) is 7.88. The molecule has 1 aliphatic heterocycles. The van der Waals surface area contributed by atoms with E-state index in [1.165, 1.54) is 24.1 Å². The van der Waals surface area contributed by atoms with Crippen LogP contribution in [0.15, 0.2) is 24.3 Å². The highest BCUT2D eigenvalue weighted by molar-refractivity contribution is 5.22. The third-order valence-electron chi connectivity index (χ3n) is 3.10. The molecule has 0 bridgehead atoms. The van der Waals surface area contributed by atoms with E-state index < -0.39 is 0 Å². The van der Waals surface area contributed by atoms with Gasteiger partial charge in [-0.2, -0.15) is 0 Å². The summed E-state index contributed by atoms with van der Waals surface area (Å²) in [6.07, 6.45) is 1.25. The lowest BCUT2D eigenvalue weighted by Gasteiger charge is -2.19. The van der Waals surface area contributed by atoms with Crippen molar-refractivity contribution in [1.29, 1.82) is 0 Å². The van der Waals surface area contributed by atoms with Crippen LogP contribution >= 0.6 is 0 Å². The van der Waals surface area contributed by atoms with Gasteiger partial charge in [-0.15, -0.1) is 0 Å². The van der Waals surface area contributed by atoms with Gasteiger partial charge < -0.3 is 11.1 Å². The van der Waals surface area contributed by atoms with Crippen LogP contribution in [0.2, 0.25) is 0 Å². The average molecular weight is 219 g/mol. The molecule has 3 heteroatoms. The molecule has 0 radical (unpaired) electrons. The second-order valence-corrected chi connectivity index (χ2v) is 4.40. The van der Waals surface area contributed by atoms with Crippen LogP contribution in [0.1, 0.15) is 17.5 Å². The fraction of sp³-hybridized carbons (Fsp3) is 0.538. The summed E-state index contributed by atoms with van der Waals surface area (Å²) in [6.45, 7) is 6.31. The van der Waals surface area contributed by atoms with Crippen LogP contribution in [-0.4, -0.2) is 31.1 Å². The van der Waals surface area contributed by atoms with Gasteiger partial charge in [0.1, 0.15) is 0 Å². The average Bonchev–Trinajstić information content (AvgIpc) is 2.59. The first-order valence-electron chi connectivity index (χ1n) is 6.09. The number of rotatable bonds is 3. The molecule has 1 aliphatic rings. The van der Waals surface area contributed by atoms with Gasteiger partial charge in [0, 0.05) is 26.2 Å². The minimum Gasteiger partial charge on any atom is -0.326 e. The largest absolute Gasteiger partial charge is 0.326 e. The SMILES string of the molecule is NCc1ccc(CN2CCCNCC2)cc1. The first kappa shape index (κ1) is 11.6. The minimum absolute atomic E-state index is 0.633. The van der Waals surface area contributed by atoms with Crippen LogP contribution in [0, 0.1) is 0 Å². The van der Waals surface area contributed by atoms with Gasteiger partial charge in [-0.05, 0) is 30.6 Å². The molecule has 0 amide bonds. The quantitative estimate of drug-likeness (QED) is 0.795. The van der Waals surface area contributed by atoms with E-state index >= 15 is 0 Å². The molecular formula is C13H21N3. The van der Waals surface area contributed by atoms with Gasteiger partial charge in [0.2, 0.25) is 0 Å². The summed E-state index contributed by atoms with van der Waals surface area (Å²) in [5.41, 5.74) is 8.18. The van der Waals surface area contributed by atoms with Crippen LogP contribution in [-0.2, 0) is 13.1 Å². The number of benzene rings is 1. The molecule has 3 N–H and O–H groups in total. The van der Waals surface area contributed by atoms with Gasteiger partial charge in [-0.3, -0.25) is 4.90 Å². The maximum Gasteiger partial charge on any atom is 0.0234 e. The molecule has 0 aromatic heterocycles. The van der Waals surface area contributed by atoms with Crippen LogP contribution in [0.25, 0.3) is 0 Å². The number of hydrogen-bond acceptors (Lipinski definition) is 3. The van der Waals surface area contributed by atoms with E-state index in [1.807, 2.05) is 0 Å². The lowest BCUT2D eigenvalue weighted by molar-refractivity contribution is 0.284. The third kappa shape index (κ3) is 3.30. The van der Waals surface area contributed by atoms with Crippen molar-refractivity contribution in [3.8, 4) is 0 Å². The van der Waals surface area contributed by atoms with Gasteiger partial charge >= 0.3 is 0 Å². The fourth-order valence-electron chi connectivity index (χ4n) is 2.10. The highest BCUT2D eigenvalue weighted by Crippen LogP contribution is 2.08. The summed E-state index contributed by atoms with van der Waals surface area (Å²) in [4.78, 5) is 2.51. The van der Waals surface area contributed by atoms with E-state index in [-0.39, 0.29) is 0 Å². The zero-order chi connectivity index (χ0) is 11.2. The van der Waals surface area contributed by atoms with Crippen molar-refractivity contribution in [2.24, 2.45) is 5.73 Å². The highest BCUT2D eigenvalue weighted by atomic mass is 15.1. The van der Waals surface area contributed by atoms with Gasteiger partial charge in [0.25, 0.3) is 0 Å². The summed E-state index contributed by atoms with van der Waals surface area (Å²) in [7, 11) is 0. The molecule has 1 aromatic carbocycles. The Labute approximate surface area is 97.6 Å². The molecule has 2 rings (SSSR count). The summed E-state index contributed by atoms with van der Waals surface area (Å²) in [5, 5.41) is 3.42. The molecule has 1 saturated heterocycles. The number of hydrogen-bond donors (Lipinski definition) is 2. The fourth-order valence-corrected chi connectivity index (χ4v) is 2.10. The predicted octanol–water partition coefficient (Wildman–Crippen LogP) is 0.941. The summed E-state index contributed by atoms with van der Waals surface area (Å²) >= 11 is 0.